The van der Waals surface area contributed by atoms with Gasteiger partial charge in [0.25, 0.3) is 0 Å². The third-order valence-corrected chi connectivity index (χ3v) is 4.08. The molecule has 2 aromatic rings. The Kier molecular flexibility index (Phi) is 4.84. The van der Waals surface area contributed by atoms with E-state index in [9.17, 15) is 13.6 Å². The monoisotopic (exact) mass is 336 g/mol. The molecule has 6 nitrogen and oxygen atoms in total. The Morgan fingerprint density at radius 2 is 2.25 bits per heavy atom. The number of hydrogen-bond acceptors (Lipinski definition) is 4. The van der Waals surface area contributed by atoms with Crippen LogP contribution in [-0.2, 0) is 23.0 Å². The molecule has 0 radical (unpaired) electrons. The first kappa shape index (κ1) is 16.5. The van der Waals surface area contributed by atoms with Crippen molar-refractivity contribution in [2.45, 2.75) is 18.9 Å². The Labute approximate surface area is 138 Å². The maximum Gasteiger partial charge on any atom is 0.223 e. The molecule has 1 atom stereocenters. The molecule has 2 heterocycles. The Balaban J connectivity index is 1.59. The van der Waals surface area contributed by atoms with Gasteiger partial charge in [0.05, 0.1) is 13.2 Å². The normalized spacial score (nSPS) is 18.0. The summed E-state index contributed by atoms with van der Waals surface area (Å²) in [4.78, 5) is 14.1. The number of nitrogens with zero attached hydrogens (tertiary/aromatic N) is 4. The number of amides is 1. The topological polar surface area (TPSA) is 60.2 Å². The van der Waals surface area contributed by atoms with Crippen molar-refractivity contribution in [3.8, 4) is 0 Å². The number of carbonyl (C=O) groups is 1. The van der Waals surface area contributed by atoms with Crippen molar-refractivity contribution < 1.29 is 18.3 Å². The number of rotatable bonds is 4. The second kappa shape index (κ2) is 7.04. The van der Waals surface area contributed by atoms with Crippen LogP contribution in [-0.4, -0.2) is 45.3 Å². The summed E-state index contributed by atoms with van der Waals surface area (Å²) in [5.41, 5.74) is 0.336. The molecular formula is C16H18F2N4O2. The zero-order valence-electron chi connectivity index (χ0n) is 13.3. The molecule has 1 aromatic carbocycles. The number of aromatic nitrogens is 3. The summed E-state index contributed by atoms with van der Waals surface area (Å²) in [5, 5.41) is 7.83. The smallest absolute Gasteiger partial charge is 0.223 e. The van der Waals surface area contributed by atoms with Crippen LogP contribution < -0.4 is 0 Å². The minimum absolute atomic E-state index is 0.0887. The third-order valence-electron chi connectivity index (χ3n) is 4.08. The van der Waals surface area contributed by atoms with Gasteiger partial charge in [-0.1, -0.05) is 6.07 Å². The van der Waals surface area contributed by atoms with E-state index in [1.165, 1.54) is 12.1 Å². The second-order valence-electron chi connectivity index (χ2n) is 5.73. The minimum atomic E-state index is -0.623. The van der Waals surface area contributed by atoms with Crippen LogP contribution in [0.3, 0.4) is 0 Å². The minimum Gasteiger partial charge on any atom is -0.366 e. The fraction of sp³-hybridized carbons (Fsp3) is 0.438. The van der Waals surface area contributed by atoms with Gasteiger partial charge in [-0.05, 0) is 18.1 Å². The Morgan fingerprint density at radius 3 is 2.96 bits per heavy atom. The molecule has 1 saturated heterocycles. The summed E-state index contributed by atoms with van der Waals surface area (Å²) in [6.07, 6.45) is 1.65. The highest BCUT2D eigenvalue weighted by molar-refractivity contribution is 5.76. The Bertz CT molecular complexity index is 735. The first-order chi connectivity index (χ1) is 11.5. The van der Waals surface area contributed by atoms with Crippen molar-refractivity contribution in [2.75, 3.05) is 19.7 Å². The maximum atomic E-state index is 13.6. The Morgan fingerprint density at radius 1 is 1.42 bits per heavy atom. The molecule has 1 aliphatic heterocycles. The molecular weight excluding hydrogens is 318 g/mol. The van der Waals surface area contributed by atoms with Crippen molar-refractivity contribution in [1.82, 2.24) is 19.7 Å². The standard InChI is InChI=1S/C16H18F2N4O2/c1-21-10-19-20-16(21)14-9-22(6-7-24-14)15(23)5-3-11-2-4-12(17)8-13(11)18/h2,4,8,10,14H,3,5-7,9H2,1H3/t14-/m1/s1. The molecule has 0 aliphatic carbocycles. The van der Waals surface area contributed by atoms with Gasteiger partial charge in [-0.2, -0.15) is 0 Å². The molecule has 3 rings (SSSR count). The van der Waals surface area contributed by atoms with Gasteiger partial charge in [0.1, 0.15) is 24.1 Å². The van der Waals surface area contributed by atoms with E-state index in [-0.39, 0.29) is 24.9 Å². The van der Waals surface area contributed by atoms with E-state index < -0.39 is 11.6 Å². The highest BCUT2D eigenvalue weighted by atomic mass is 19.1. The van der Waals surface area contributed by atoms with Crippen LogP contribution in [0.25, 0.3) is 0 Å². The van der Waals surface area contributed by atoms with Crippen molar-refractivity contribution >= 4 is 5.91 Å². The lowest BCUT2D eigenvalue weighted by molar-refractivity contribution is -0.139. The Hall–Kier alpha value is -2.35. The van der Waals surface area contributed by atoms with Gasteiger partial charge in [-0.15, -0.1) is 10.2 Å². The quantitative estimate of drug-likeness (QED) is 0.851. The first-order valence-electron chi connectivity index (χ1n) is 7.72. The predicted octanol–water partition coefficient (Wildman–Crippen LogP) is 1.63. The number of carbonyl (C=O) groups excluding carboxylic acids is 1. The summed E-state index contributed by atoms with van der Waals surface area (Å²) in [7, 11) is 1.82. The van der Waals surface area contributed by atoms with E-state index in [0.717, 1.165) is 6.07 Å². The van der Waals surface area contributed by atoms with Gasteiger partial charge in [-0.3, -0.25) is 4.79 Å². The van der Waals surface area contributed by atoms with Crippen LogP contribution >= 0.6 is 0 Å². The van der Waals surface area contributed by atoms with E-state index in [1.807, 2.05) is 7.05 Å². The second-order valence-corrected chi connectivity index (χ2v) is 5.73. The van der Waals surface area contributed by atoms with Crippen LogP contribution in [0.2, 0.25) is 0 Å². The summed E-state index contributed by atoms with van der Waals surface area (Å²) in [6, 6.07) is 3.40. The van der Waals surface area contributed by atoms with Crippen molar-refractivity contribution in [1.29, 1.82) is 0 Å². The van der Waals surface area contributed by atoms with Crippen LogP contribution in [0.15, 0.2) is 24.5 Å². The van der Waals surface area contributed by atoms with Crippen molar-refractivity contribution in [2.24, 2.45) is 7.05 Å². The molecule has 8 heteroatoms. The largest absolute Gasteiger partial charge is 0.366 e. The van der Waals surface area contributed by atoms with Crippen molar-refractivity contribution in [3.05, 3.63) is 47.5 Å². The fourth-order valence-electron chi connectivity index (χ4n) is 2.74. The van der Waals surface area contributed by atoms with E-state index in [1.54, 1.807) is 15.8 Å². The molecule has 1 fully saturated rings. The van der Waals surface area contributed by atoms with Crippen LogP contribution in [0.4, 0.5) is 8.78 Å². The molecule has 0 unspecified atom stereocenters. The molecule has 128 valence electrons. The summed E-state index contributed by atoms with van der Waals surface area (Å²) in [5.74, 6) is -0.671. The van der Waals surface area contributed by atoms with Gasteiger partial charge < -0.3 is 14.2 Å². The van der Waals surface area contributed by atoms with Crippen LogP contribution in [0, 0.1) is 11.6 Å². The number of benzene rings is 1. The van der Waals surface area contributed by atoms with Gasteiger partial charge in [0.15, 0.2) is 5.82 Å². The van der Waals surface area contributed by atoms with Crippen molar-refractivity contribution in [3.63, 3.8) is 0 Å². The summed E-state index contributed by atoms with van der Waals surface area (Å²) >= 11 is 0. The highest BCUT2D eigenvalue weighted by Gasteiger charge is 2.28. The van der Waals surface area contributed by atoms with Gasteiger partial charge >= 0.3 is 0 Å². The molecule has 0 N–H and O–H groups in total. The van der Waals surface area contributed by atoms with Crippen LogP contribution in [0.5, 0.6) is 0 Å². The zero-order valence-corrected chi connectivity index (χ0v) is 13.3. The van der Waals surface area contributed by atoms with Gasteiger partial charge in [-0.25, -0.2) is 8.78 Å². The molecule has 0 spiro atoms. The third kappa shape index (κ3) is 3.59. The lowest BCUT2D eigenvalue weighted by atomic mass is 10.1. The molecule has 0 saturated carbocycles. The molecule has 1 aromatic heterocycles. The average molecular weight is 336 g/mol. The predicted molar refractivity (Wildman–Crippen MR) is 81.0 cm³/mol. The number of aryl methyl sites for hydroxylation is 2. The van der Waals surface area contributed by atoms with E-state index in [0.29, 0.717) is 31.1 Å². The SMILES string of the molecule is Cn1cnnc1[C@H]1CN(C(=O)CCc2ccc(F)cc2F)CCO1. The number of halogens is 2. The number of hydrogen-bond donors (Lipinski definition) is 0. The lowest BCUT2D eigenvalue weighted by Crippen LogP contribution is -2.43. The van der Waals surface area contributed by atoms with E-state index in [2.05, 4.69) is 10.2 Å². The average Bonchev–Trinajstić information content (AvgIpc) is 3.00. The highest BCUT2D eigenvalue weighted by Crippen LogP contribution is 2.21. The van der Waals surface area contributed by atoms with Crippen LogP contribution in [0.1, 0.15) is 23.9 Å². The van der Waals surface area contributed by atoms with E-state index >= 15 is 0 Å². The maximum absolute atomic E-state index is 13.6. The molecule has 1 amide bonds. The molecule has 1 aliphatic rings. The number of morpholine rings is 1. The van der Waals surface area contributed by atoms with E-state index in [4.69, 9.17) is 4.74 Å². The molecule has 24 heavy (non-hydrogen) atoms. The number of ether oxygens (including phenoxy) is 1. The summed E-state index contributed by atoms with van der Waals surface area (Å²) < 4.78 is 34.0. The van der Waals surface area contributed by atoms with Gasteiger partial charge in [0.2, 0.25) is 5.91 Å². The summed E-state index contributed by atoms with van der Waals surface area (Å²) in [6.45, 7) is 1.28. The zero-order chi connectivity index (χ0) is 17.1. The first-order valence-corrected chi connectivity index (χ1v) is 7.72. The van der Waals surface area contributed by atoms with Gasteiger partial charge in [0, 0.05) is 26.1 Å². The lowest BCUT2D eigenvalue weighted by Gasteiger charge is -2.32. The fourth-order valence-corrected chi connectivity index (χ4v) is 2.74. The molecule has 0 bridgehead atoms.